The Labute approximate surface area is 142 Å². The van der Waals surface area contributed by atoms with Gasteiger partial charge in [-0.2, -0.15) is 0 Å². The third-order valence-corrected chi connectivity index (χ3v) is 4.77. The van der Waals surface area contributed by atoms with Gasteiger partial charge in [0.2, 0.25) is 0 Å². The Balaban J connectivity index is 2.15. The quantitative estimate of drug-likeness (QED) is 0.625. The van der Waals surface area contributed by atoms with Gasteiger partial charge in [-0.15, -0.1) is 0 Å². The zero-order valence-electron chi connectivity index (χ0n) is 13.6. The van der Waals surface area contributed by atoms with E-state index in [0.717, 1.165) is 24.1 Å². The van der Waals surface area contributed by atoms with Gasteiger partial charge in [0.15, 0.2) is 0 Å². The Morgan fingerprint density at radius 1 is 1.00 bits per heavy atom. The molecule has 1 nitrogen and oxygen atoms in total. The molecule has 0 N–H and O–H groups in total. The summed E-state index contributed by atoms with van der Waals surface area (Å²) in [7, 11) is 0. The fourth-order valence-electron chi connectivity index (χ4n) is 2.47. The van der Waals surface area contributed by atoms with E-state index in [1.54, 1.807) is 0 Å². The number of allylic oxidation sites excluding steroid dienone is 1. The molecule has 0 spiro atoms. The molecule has 2 heteroatoms. The van der Waals surface area contributed by atoms with E-state index >= 15 is 0 Å². The summed E-state index contributed by atoms with van der Waals surface area (Å²) in [6.45, 7) is 9.82. The summed E-state index contributed by atoms with van der Waals surface area (Å²) in [5, 5.41) is 0. The number of nitrogens with zero attached hydrogens (tertiary/aromatic N) is 1. The molecular formula is C20H24BrN. The second-order valence-electron chi connectivity index (χ2n) is 5.43. The molecule has 0 aromatic heterocycles. The molecule has 0 saturated carbocycles. The first-order valence-corrected chi connectivity index (χ1v) is 8.69. The van der Waals surface area contributed by atoms with E-state index in [1.165, 1.54) is 22.3 Å². The smallest absolute Gasteiger partial charge is 0.0253 e. The predicted octanol–water partition coefficient (Wildman–Crippen LogP) is 5.86. The predicted molar refractivity (Wildman–Crippen MR) is 101 cm³/mol. The van der Waals surface area contributed by atoms with Crippen molar-refractivity contribution >= 4 is 21.5 Å². The molecule has 0 unspecified atom stereocenters. The standard InChI is InChI=1S/C20H24BrN/c1-4-22(5-2)15-14-16(3)17-10-12-18(13-11-17)19-8-6-7-9-20(19)21/h6-14H,4-5,15H2,1-3H3/b16-14-. The molecule has 0 atom stereocenters. The number of halogens is 1. The van der Waals surface area contributed by atoms with Crippen LogP contribution in [0.1, 0.15) is 26.3 Å². The van der Waals surface area contributed by atoms with Crippen LogP contribution < -0.4 is 0 Å². The highest BCUT2D eigenvalue weighted by Crippen LogP contribution is 2.28. The highest BCUT2D eigenvalue weighted by molar-refractivity contribution is 9.10. The highest BCUT2D eigenvalue weighted by Gasteiger charge is 2.03. The van der Waals surface area contributed by atoms with Gasteiger partial charge >= 0.3 is 0 Å². The lowest BCUT2D eigenvalue weighted by molar-refractivity contribution is 0.337. The van der Waals surface area contributed by atoms with Crippen LogP contribution in [0.5, 0.6) is 0 Å². The number of hydrogen-bond donors (Lipinski definition) is 0. The maximum Gasteiger partial charge on any atom is 0.0253 e. The summed E-state index contributed by atoms with van der Waals surface area (Å²) >= 11 is 3.62. The lowest BCUT2D eigenvalue weighted by Crippen LogP contribution is -2.22. The first-order chi connectivity index (χ1) is 10.7. The van der Waals surface area contributed by atoms with Gasteiger partial charge < -0.3 is 4.90 Å². The van der Waals surface area contributed by atoms with Crippen molar-refractivity contribution < 1.29 is 0 Å². The number of likely N-dealkylation sites (N-methyl/N-ethyl adjacent to an activating group) is 1. The Morgan fingerprint density at radius 3 is 2.23 bits per heavy atom. The van der Waals surface area contributed by atoms with Gasteiger partial charge in [-0.05, 0) is 48.3 Å². The Hall–Kier alpha value is -1.38. The largest absolute Gasteiger partial charge is 0.300 e. The summed E-state index contributed by atoms with van der Waals surface area (Å²) in [6, 6.07) is 17.2. The molecule has 0 heterocycles. The van der Waals surface area contributed by atoms with E-state index in [1.807, 2.05) is 6.07 Å². The van der Waals surface area contributed by atoms with Crippen LogP contribution in [-0.2, 0) is 0 Å². The van der Waals surface area contributed by atoms with Crippen LogP contribution in [0.25, 0.3) is 16.7 Å². The van der Waals surface area contributed by atoms with Crippen LogP contribution in [0.3, 0.4) is 0 Å². The minimum absolute atomic E-state index is 1.02. The van der Waals surface area contributed by atoms with Crippen molar-refractivity contribution in [2.45, 2.75) is 20.8 Å². The van der Waals surface area contributed by atoms with Gasteiger partial charge in [0.25, 0.3) is 0 Å². The minimum Gasteiger partial charge on any atom is -0.300 e. The van der Waals surface area contributed by atoms with Crippen molar-refractivity contribution in [1.82, 2.24) is 4.90 Å². The third kappa shape index (κ3) is 4.31. The van der Waals surface area contributed by atoms with E-state index < -0.39 is 0 Å². The second-order valence-corrected chi connectivity index (χ2v) is 6.28. The van der Waals surface area contributed by atoms with Crippen LogP contribution in [0.2, 0.25) is 0 Å². The van der Waals surface area contributed by atoms with E-state index in [2.05, 4.69) is 90.1 Å². The Bertz CT molecular complexity index is 624. The lowest BCUT2D eigenvalue weighted by atomic mass is 10.0. The van der Waals surface area contributed by atoms with Crippen molar-refractivity contribution in [3.8, 4) is 11.1 Å². The maximum atomic E-state index is 3.62. The van der Waals surface area contributed by atoms with Crippen molar-refractivity contribution in [1.29, 1.82) is 0 Å². The average molecular weight is 358 g/mol. The molecular weight excluding hydrogens is 334 g/mol. The number of benzene rings is 2. The van der Waals surface area contributed by atoms with Crippen molar-refractivity contribution in [3.05, 3.63) is 64.6 Å². The molecule has 0 radical (unpaired) electrons. The van der Waals surface area contributed by atoms with Crippen molar-refractivity contribution in [3.63, 3.8) is 0 Å². The third-order valence-electron chi connectivity index (χ3n) is 4.08. The molecule has 0 aliphatic carbocycles. The minimum atomic E-state index is 1.02. The zero-order chi connectivity index (χ0) is 15.9. The monoisotopic (exact) mass is 357 g/mol. The molecule has 116 valence electrons. The fourth-order valence-corrected chi connectivity index (χ4v) is 2.99. The van der Waals surface area contributed by atoms with E-state index in [-0.39, 0.29) is 0 Å². The van der Waals surface area contributed by atoms with Gasteiger partial charge in [0, 0.05) is 11.0 Å². The highest BCUT2D eigenvalue weighted by atomic mass is 79.9. The van der Waals surface area contributed by atoms with E-state index in [4.69, 9.17) is 0 Å². The van der Waals surface area contributed by atoms with Crippen LogP contribution in [-0.4, -0.2) is 24.5 Å². The van der Waals surface area contributed by atoms with Crippen LogP contribution in [0, 0.1) is 0 Å². The van der Waals surface area contributed by atoms with Crippen molar-refractivity contribution in [2.24, 2.45) is 0 Å². The van der Waals surface area contributed by atoms with Gasteiger partial charge in [-0.1, -0.05) is 78.3 Å². The lowest BCUT2D eigenvalue weighted by Gasteiger charge is -2.16. The molecule has 0 amide bonds. The SMILES string of the molecule is CCN(CC)C/C=C(/C)c1ccc(-c2ccccc2Br)cc1. The summed E-state index contributed by atoms with van der Waals surface area (Å²) in [6.07, 6.45) is 2.32. The fraction of sp³-hybridized carbons (Fsp3) is 0.300. The summed E-state index contributed by atoms with van der Waals surface area (Å²) in [4.78, 5) is 2.42. The van der Waals surface area contributed by atoms with E-state index in [9.17, 15) is 0 Å². The average Bonchev–Trinajstić information content (AvgIpc) is 2.56. The first-order valence-electron chi connectivity index (χ1n) is 7.90. The second kappa shape index (κ2) is 8.30. The molecule has 2 aromatic carbocycles. The van der Waals surface area contributed by atoms with E-state index in [0.29, 0.717) is 0 Å². The van der Waals surface area contributed by atoms with Crippen molar-refractivity contribution in [2.75, 3.05) is 19.6 Å². The number of rotatable bonds is 6. The molecule has 2 aromatic rings. The normalized spacial score (nSPS) is 12.0. The molecule has 2 rings (SSSR count). The van der Waals surface area contributed by atoms with Gasteiger partial charge in [0.05, 0.1) is 0 Å². The van der Waals surface area contributed by atoms with Crippen LogP contribution in [0.4, 0.5) is 0 Å². The summed E-state index contributed by atoms with van der Waals surface area (Å²) in [5.41, 5.74) is 5.11. The maximum absolute atomic E-state index is 3.62. The van der Waals surface area contributed by atoms with Crippen LogP contribution in [0.15, 0.2) is 59.1 Å². The van der Waals surface area contributed by atoms with Gasteiger partial charge in [-0.25, -0.2) is 0 Å². The molecule has 22 heavy (non-hydrogen) atoms. The molecule has 0 bridgehead atoms. The Kier molecular flexibility index (Phi) is 6.41. The van der Waals surface area contributed by atoms with Crippen LogP contribution >= 0.6 is 15.9 Å². The molecule has 0 fully saturated rings. The molecule has 0 aliphatic heterocycles. The summed E-state index contributed by atoms with van der Waals surface area (Å²) < 4.78 is 1.14. The topological polar surface area (TPSA) is 3.24 Å². The molecule has 0 aliphatic rings. The summed E-state index contributed by atoms with van der Waals surface area (Å²) in [5.74, 6) is 0. The zero-order valence-corrected chi connectivity index (χ0v) is 15.2. The first kappa shape index (κ1) is 17.0. The Morgan fingerprint density at radius 2 is 1.64 bits per heavy atom. The number of hydrogen-bond acceptors (Lipinski definition) is 1. The van der Waals surface area contributed by atoms with Gasteiger partial charge in [0.1, 0.15) is 0 Å². The van der Waals surface area contributed by atoms with Gasteiger partial charge in [-0.3, -0.25) is 0 Å². The molecule has 0 saturated heterocycles.